The van der Waals surface area contributed by atoms with Crippen LogP contribution in [0, 0.1) is 0 Å². The fourth-order valence-corrected chi connectivity index (χ4v) is 2.68. The predicted octanol–water partition coefficient (Wildman–Crippen LogP) is 5.43. The Morgan fingerprint density at radius 2 is 1.56 bits per heavy atom. The SMILES string of the molecule is NCc1cc(Cl)ccc1-c1c(Cl)ccc(Cl)c1Cl. The summed E-state index contributed by atoms with van der Waals surface area (Å²) in [6.07, 6.45) is 0. The Bertz CT molecular complexity index is 596. The van der Waals surface area contributed by atoms with Crippen LogP contribution in [0.2, 0.25) is 20.1 Å². The molecule has 0 amide bonds. The summed E-state index contributed by atoms with van der Waals surface area (Å²) in [5.41, 5.74) is 8.12. The number of hydrogen-bond donors (Lipinski definition) is 1. The average molecular weight is 321 g/mol. The lowest BCUT2D eigenvalue weighted by Crippen LogP contribution is -1.99. The highest BCUT2D eigenvalue weighted by molar-refractivity contribution is 6.46. The van der Waals surface area contributed by atoms with Crippen molar-refractivity contribution in [3.63, 3.8) is 0 Å². The zero-order chi connectivity index (χ0) is 13.3. The Balaban J connectivity index is 2.73. The van der Waals surface area contributed by atoms with Crippen LogP contribution in [0.4, 0.5) is 0 Å². The summed E-state index contributed by atoms with van der Waals surface area (Å²) in [5, 5.41) is 2.02. The van der Waals surface area contributed by atoms with Gasteiger partial charge in [-0.2, -0.15) is 0 Å². The van der Waals surface area contributed by atoms with Crippen LogP contribution in [-0.4, -0.2) is 0 Å². The first-order chi connectivity index (χ1) is 8.54. The van der Waals surface area contributed by atoms with E-state index in [4.69, 9.17) is 52.1 Å². The van der Waals surface area contributed by atoms with E-state index in [0.717, 1.165) is 11.1 Å². The maximum absolute atomic E-state index is 6.21. The van der Waals surface area contributed by atoms with E-state index < -0.39 is 0 Å². The first kappa shape index (κ1) is 14.0. The summed E-state index contributed by atoms with van der Waals surface area (Å²) in [6, 6.07) is 8.77. The summed E-state index contributed by atoms with van der Waals surface area (Å²) in [5.74, 6) is 0. The molecule has 0 saturated carbocycles. The molecule has 0 saturated heterocycles. The smallest absolute Gasteiger partial charge is 0.0685 e. The lowest BCUT2D eigenvalue weighted by Gasteiger charge is -2.13. The maximum atomic E-state index is 6.21. The molecule has 0 bridgehead atoms. The van der Waals surface area contributed by atoms with Gasteiger partial charge in [-0.3, -0.25) is 0 Å². The highest BCUT2D eigenvalue weighted by Crippen LogP contribution is 2.40. The minimum atomic E-state index is 0.342. The predicted molar refractivity (Wildman–Crippen MR) is 79.8 cm³/mol. The van der Waals surface area contributed by atoms with Gasteiger partial charge in [0, 0.05) is 17.1 Å². The second-order valence-electron chi connectivity index (χ2n) is 3.72. The number of hydrogen-bond acceptors (Lipinski definition) is 1. The molecule has 0 radical (unpaired) electrons. The quantitative estimate of drug-likeness (QED) is 0.734. The topological polar surface area (TPSA) is 26.0 Å². The van der Waals surface area contributed by atoms with Crippen molar-refractivity contribution in [1.82, 2.24) is 0 Å². The number of halogens is 4. The molecule has 1 nitrogen and oxygen atoms in total. The fraction of sp³-hybridized carbons (Fsp3) is 0.0769. The monoisotopic (exact) mass is 319 g/mol. The van der Waals surface area contributed by atoms with Crippen LogP contribution < -0.4 is 5.73 Å². The lowest BCUT2D eigenvalue weighted by molar-refractivity contribution is 1.07. The van der Waals surface area contributed by atoms with E-state index in [0.29, 0.717) is 32.2 Å². The van der Waals surface area contributed by atoms with E-state index >= 15 is 0 Å². The molecule has 94 valence electrons. The Morgan fingerprint density at radius 1 is 0.889 bits per heavy atom. The normalized spacial score (nSPS) is 10.7. The third kappa shape index (κ3) is 2.61. The second kappa shape index (κ2) is 5.68. The standard InChI is InChI=1S/C13H9Cl4N/c14-8-1-2-9(7(5-8)6-18)12-10(15)3-4-11(16)13(12)17/h1-5H,6,18H2. The van der Waals surface area contributed by atoms with Crippen molar-refractivity contribution in [3.05, 3.63) is 56.0 Å². The molecule has 0 unspecified atom stereocenters. The summed E-state index contributed by atoms with van der Waals surface area (Å²) in [7, 11) is 0. The summed E-state index contributed by atoms with van der Waals surface area (Å²) < 4.78 is 0. The van der Waals surface area contributed by atoms with Crippen molar-refractivity contribution in [2.75, 3.05) is 0 Å². The van der Waals surface area contributed by atoms with Gasteiger partial charge in [0.25, 0.3) is 0 Å². The Hall–Kier alpha value is -0.440. The van der Waals surface area contributed by atoms with E-state index in [1.165, 1.54) is 0 Å². The first-order valence-corrected chi connectivity index (χ1v) is 6.68. The van der Waals surface area contributed by atoms with Crippen LogP contribution in [0.15, 0.2) is 30.3 Å². The van der Waals surface area contributed by atoms with Gasteiger partial charge in [-0.1, -0.05) is 52.5 Å². The van der Waals surface area contributed by atoms with Gasteiger partial charge < -0.3 is 5.73 Å². The molecule has 0 aliphatic rings. The van der Waals surface area contributed by atoms with Crippen LogP contribution in [0.5, 0.6) is 0 Å². The number of rotatable bonds is 2. The van der Waals surface area contributed by atoms with Gasteiger partial charge in [0.05, 0.1) is 15.1 Å². The van der Waals surface area contributed by atoms with Crippen molar-refractivity contribution >= 4 is 46.4 Å². The van der Waals surface area contributed by atoms with Gasteiger partial charge in [0.15, 0.2) is 0 Å². The minimum absolute atomic E-state index is 0.342. The van der Waals surface area contributed by atoms with Gasteiger partial charge in [-0.05, 0) is 35.4 Å². The number of nitrogens with two attached hydrogens (primary N) is 1. The molecule has 0 heterocycles. The van der Waals surface area contributed by atoms with Gasteiger partial charge in [-0.15, -0.1) is 0 Å². The fourth-order valence-electron chi connectivity index (χ4n) is 1.75. The van der Waals surface area contributed by atoms with Gasteiger partial charge >= 0.3 is 0 Å². The molecule has 0 spiro atoms. The highest BCUT2D eigenvalue weighted by atomic mass is 35.5. The summed E-state index contributed by atoms with van der Waals surface area (Å²) in [6.45, 7) is 0.342. The van der Waals surface area contributed by atoms with E-state index in [-0.39, 0.29) is 0 Å². The maximum Gasteiger partial charge on any atom is 0.0685 e. The highest BCUT2D eigenvalue weighted by Gasteiger charge is 2.14. The van der Waals surface area contributed by atoms with Crippen molar-refractivity contribution in [2.24, 2.45) is 5.73 Å². The van der Waals surface area contributed by atoms with Crippen LogP contribution >= 0.6 is 46.4 Å². The molecule has 2 N–H and O–H groups in total. The molecule has 0 atom stereocenters. The van der Waals surface area contributed by atoms with Gasteiger partial charge in [0.2, 0.25) is 0 Å². The molecular formula is C13H9Cl4N. The van der Waals surface area contributed by atoms with Gasteiger partial charge in [-0.25, -0.2) is 0 Å². The molecule has 0 aliphatic heterocycles. The van der Waals surface area contributed by atoms with Crippen LogP contribution in [-0.2, 0) is 6.54 Å². The average Bonchev–Trinajstić information content (AvgIpc) is 2.36. The van der Waals surface area contributed by atoms with Crippen molar-refractivity contribution < 1.29 is 0 Å². The molecule has 18 heavy (non-hydrogen) atoms. The van der Waals surface area contributed by atoms with Crippen LogP contribution in [0.3, 0.4) is 0 Å². The number of benzene rings is 2. The third-order valence-corrected chi connectivity index (χ3v) is 3.95. The lowest BCUT2D eigenvalue weighted by atomic mass is 9.99. The largest absolute Gasteiger partial charge is 0.326 e. The Morgan fingerprint density at radius 3 is 2.22 bits per heavy atom. The van der Waals surface area contributed by atoms with E-state index in [1.807, 2.05) is 6.07 Å². The molecule has 2 aromatic rings. The van der Waals surface area contributed by atoms with E-state index in [1.54, 1.807) is 24.3 Å². The Labute approximate surface area is 125 Å². The van der Waals surface area contributed by atoms with E-state index in [9.17, 15) is 0 Å². The van der Waals surface area contributed by atoms with E-state index in [2.05, 4.69) is 0 Å². The second-order valence-corrected chi connectivity index (χ2v) is 5.35. The zero-order valence-corrected chi connectivity index (χ0v) is 12.2. The summed E-state index contributed by atoms with van der Waals surface area (Å²) in [4.78, 5) is 0. The molecule has 0 aromatic heterocycles. The molecule has 0 fully saturated rings. The van der Waals surface area contributed by atoms with Crippen molar-refractivity contribution in [1.29, 1.82) is 0 Å². The molecule has 2 rings (SSSR count). The first-order valence-electron chi connectivity index (χ1n) is 5.17. The molecule has 0 aliphatic carbocycles. The molecular weight excluding hydrogens is 312 g/mol. The van der Waals surface area contributed by atoms with Crippen LogP contribution in [0.1, 0.15) is 5.56 Å². The molecule has 2 aromatic carbocycles. The summed E-state index contributed by atoms with van der Waals surface area (Å²) >= 11 is 24.4. The zero-order valence-electron chi connectivity index (χ0n) is 9.18. The third-order valence-electron chi connectivity index (χ3n) is 2.60. The van der Waals surface area contributed by atoms with Gasteiger partial charge in [0.1, 0.15) is 0 Å². The Kier molecular flexibility index (Phi) is 4.41. The van der Waals surface area contributed by atoms with Crippen LogP contribution in [0.25, 0.3) is 11.1 Å². The van der Waals surface area contributed by atoms with Crippen molar-refractivity contribution in [2.45, 2.75) is 6.54 Å². The van der Waals surface area contributed by atoms with Crippen molar-refractivity contribution in [3.8, 4) is 11.1 Å². The molecule has 5 heteroatoms. The minimum Gasteiger partial charge on any atom is -0.326 e.